The van der Waals surface area contributed by atoms with E-state index in [-0.39, 0.29) is 5.56 Å². The summed E-state index contributed by atoms with van der Waals surface area (Å²) >= 11 is 0. The molecule has 0 spiro atoms. The van der Waals surface area contributed by atoms with Crippen molar-refractivity contribution in [3.63, 3.8) is 0 Å². The van der Waals surface area contributed by atoms with E-state index in [1.54, 1.807) is 12.1 Å². The predicted octanol–water partition coefficient (Wildman–Crippen LogP) is 3.36. The molecule has 1 fully saturated rings. The van der Waals surface area contributed by atoms with Gasteiger partial charge in [-0.3, -0.25) is 0 Å². The van der Waals surface area contributed by atoms with Gasteiger partial charge in [-0.25, -0.2) is 8.78 Å². The fourth-order valence-electron chi connectivity index (χ4n) is 2.69. The number of benzene rings is 1. The number of alkyl halides is 2. The third-order valence-corrected chi connectivity index (χ3v) is 3.51. The Labute approximate surface area is 99.8 Å². The topological polar surface area (TPSA) is 35.2 Å². The van der Waals surface area contributed by atoms with Gasteiger partial charge in [0.1, 0.15) is 5.75 Å². The Kier molecular flexibility index (Phi) is 3.33. The molecule has 0 bridgehead atoms. The molecule has 0 amide bonds. The molecule has 2 N–H and O–H groups in total. The van der Waals surface area contributed by atoms with E-state index in [1.807, 2.05) is 0 Å². The Morgan fingerprint density at radius 3 is 2.47 bits per heavy atom. The van der Waals surface area contributed by atoms with E-state index in [9.17, 15) is 8.78 Å². The molecule has 0 heterocycles. The van der Waals surface area contributed by atoms with Crippen LogP contribution in [0.5, 0.6) is 5.75 Å². The van der Waals surface area contributed by atoms with Gasteiger partial charge in [-0.15, -0.1) is 0 Å². The molecule has 1 aromatic rings. The zero-order chi connectivity index (χ0) is 12.5. The SMILES string of the molecule is COc1cccc(C(F)F)c1C1(N)CCCC1. The van der Waals surface area contributed by atoms with Gasteiger partial charge in [0.2, 0.25) is 0 Å². The number of halogens is 2. The molecule has 0 saturated heterocycles. The predicted molar refractivity (Wildman–Crippen MR) is 62.3 cm³/mol. The van der Waals surface area contributed by atoms with Crippen molar-refractivity contribution in [1.29, 1.82) is 0 Å². The maximum Gasteiger partial charge on any atom is 0.264 e. The lowest BCUT2D eigenvalue weighted by molar-refractivity contribution is 0.147. The molecule has 0 radical (unpaired) electrons. The highest BCUT2D eigenvalue weighted by atomic mass is 19.3. The quantitative estimate of drug-likeness (QED) is 0.880. The molecule has 17 heavy (non-hydrogen) atoms. The minimum atomic E-state index is -2.51. The molecule has 0 aromatic heterocycles. The number of ether oxygens (including phenoxy) is 1. The first-order valence-electron chi connectivity index (χ1n) is 5.83. The van der Waals surface area contributed by atoms with Crippen LogP contribution in [0.25, 0.3) is 0 Å². The monoisotopic (exact) mass is 241 g/mol. The first kappa shape index (κ1) is 12.3. The van der Waals surface area contributed by atoms with Crippen LogP contribution in [0.1, 0.15) is 43.2 Å². The molecule has 4 heteroatoms. The summed E-state index contributed by atoms with van der Waals surface area (Å²) in [5, 5.41) is 0. The number of nitrogens with two attached hydrogens (primary N) is 1. The summed E-state index contributed by atoms with van der Waals surface area (Å²) in [5.41, 5.74) is 6.13. The summed E-state index contributed by atoms with van der Waals surface area (Å²) in [4.78, 5) is 0. The van der Waals surface area contributed by atoms with E-state index in [1.165, 1.54) is 13.2 Å². The van der Waals surface area contributed by atoms with E-state index >= 15 is 0 Å². The highest BCUT2D eigenvalue weighted by Crippen LogP contribution is 2.44. The van der Waals surface area contributed by atoms with Gasteiger partial charge in [0.05, 0.1) is 7.11 Å². The lowest BCUT2D eigenvalue weighted by atomic mass is 9.85. The van der Waals surface area contributed by atoms with E-state index < -0.39 is 12.0 Å². The first-order chi connectivity index (χ1) is 8.08. The molecule has 1 aliphatic carbocycles. The average molecular weight is 241 g/mol. The standard InChI is InChI=1S/C13H17F2NO/c1-17-10-6-4-5-9(12(14)15)11(10)13(16)7-2-3-8-13/h4-6,12H,2-3,7-8,16H2,1H3. The van der Waals surface area contributed by atoms with Crippen molar-refractivity contribution in [2.45, 2.75) is 37.6 Å². The van der Waals surface area contributed by atoms with Crippen molar-refractivity contribution in [2.24, 2.45) is 5.73 Å². The van der Waals surface area contributed by atoms with Gasteiger partial charge in [-0.2, -0.15) is 0 Å². The average Bonchev–Trinajstić information content (AvgIpc) is 2.76. The molecular formula is C13H17F2NO. The molecule has 2 rings (SSSR count). The first-order valence-corrected chi connectivity index (χ1v) is 5.83. The maximum absolute atomic E-state index is 13.1. The number of hydrogen-bond acceptors (Lipinski definition) is 2. The summed E-state index contributed by atoms with van der Waals surface area (Å²) in [5.74, 6) is 0.479. The number of rotatable bonds is 3. The minimum absolute atomic E-state index is 0.00810. The van der Waals surface area contributed by atoms with Crippen molar-refractivity contribution in [1.82, 2.24) is 0 Å². The van der Waals surface area contributed by atoms with Gasteiger partial charge in [0.15, 0.2) is 0 Å². The fourth-order valence-corrected chi connectivity index (χ4v) is 2.69. The Morgan fingerprint density at radius 2 is 1.94 bits per heavy atom. The van der Waals surface area contributed by atoms with Crippen molar-refractivity contribution in [2.75, 3.05) is 7.11 Å². The third-order valence-electron chi connectivity index (χ3n) is 3.51. The second-order valence-corrected chi connectivity index (χ2v) is 4.59. The summed E-state index contributed by atoms with van der Waals surface area (Å²) in [7, 11) is 1.49. The van der Waals surface area contributed by atoms with E-state index in [4.69, 9.17) is 10.5 Å². The lowest BCUT2D eigenvalue weighted by Crippen LogP contribution is -2.34. The Morgan fingerprint density at radius 1 is 1.29 bits per heavy atom. The minimum Gasteiger partial charge on any atom is -0.496 e. The van der Waals surface area contributed by atoms with Gasteiger partial charge in [0.25, 0.3) is 6.43 Å². The summed E-state index contributed by atoms with van der Waals surface area (Å²) < 4.78 is 31.3. The highest BCUT2D eigenvalue weighted by Gasteiger charge is 2.37. The second-order valence-electron chi connectivity index (χ2n) is 4.59. The lowest BCUT2D eigenvalue weighted by Gasteiger charge is -2.28. The molecule has 94 valence electrons. The van der Waals surface area contributed by atoms with Crippen LogP contribution in [0.4, 0.5) is 8.78 Å². The molecule has 0 unspecified atom stereocenters. The smallest absolute Gasteiger partial charge is 0.264 e. The van der Waals surface area contributed by atoms with Crippen molar-refractivity contribution < 1.29 is 13.5 Å². The maximum atomic E-state index is 13.1. The summed E-state index contributed by atoms with van der Waals surface area (Å²) in [6.45, 7) is 0. The molecule has 0 atom stereocenters. The van der Waals surface area contributed by atoms with E-state index in [0.29, 0.717) is 11.3 Å². The number of hydrogen-bond donors (Lipinski definition) is 1. The highest BCUT2D eigenvalue weighted by molar-refractivity contribution is 5.46. The normalized spacial score (nSPS) is 18.6. The van der Waals surface area contributed by atoms with E-state index in [0.717, 1.165) is 25.7 Å². The van der Waals surface area contributed by atoms with Crippen LogP contribution in [0, 0.1) is 0 Å². The van der Waals surface area contributed by atoms with Crippen LogP contribution in [0.15, 0.2) is 18.2 Å². The Balaban J connectivity index is 2.55. The van der Waals surface area contributed by atoms with Crippen LogP contribution in [-0.4, -0.2) is 7.11 Å². The van der Waals surface area contributed by atoms with Crippen LogP contribution in [0.2, 0.25) is 0 Å². The van der Waals surface area contributed by atoms with Crippen molar-refractivity contribution in [3.8, 4) is 5.75 Å². The van der Waals surface area contributed by atoms with Gasteiger partial charge in [-0.1, -0.05) is 25.0 Å². The number of methoxy groups -OCH3 is 1. The Hall–Kier alpha value is -1.16. The third kappa shape index (κ3) is 2.14. The summed E-state index contributed by atoms with van der Waals surface area (Å²) in [6, 6.07) is 4.73. The van der Waals surface area contributed by atoms with Gasteiger partial charge in [0, 0.05) is 16.7 Å². The molecule has 2 nitrogen and oxygen atoms in total. The van der Waals surface area contributed by atoms with Crippen LogP contribution in [-0.2, 0) is 5.54 Å². The van der Waals surface area contributed by atoms with E-state index in [2.05, 4.69) is 0 Å². The van der Waals surface area contributed by atoms with Crippen molar-refractivity contribution >= 4 is 0 Å². The molecule has 1 saturated carbocycles. The largest absolute Gasteiger partial charge is 0.496 e. The van der Waals surface area contributed by atoms with Crippen LogP contribution >= 0.6 is 0 Å². The van der Waals surface area contributed by atoms with Crippen LogP contribution < -0.4 is 10.5 Å². The molecule has 1 aromatic carbocycles. The Bertz CT molecular complexity index is 400. The zero-order valence-electron chi connectivity index (χ0n) is 9.88. The van der Waals surface area contributed by atoms with Crippen molar-refractivity contribution in [3.05, 3.63) is 29.3 Å². The van der Waals surface area contributed by atoms with Gasteiger partial charge in [-0.05, 0) is 18.9 Å². The molecule has 0 aliphatic heterocycles. The molecule has 1 aliphatic rings. The second kappa shape index (κ2) is 4.61. The molecular weight excluding hydrogens is 224 g/mol. The summed E-state index contributed by atoms with van der Waals surface area (Å²) in [6.07, 6.45) is 0.940. The van der Waals surface area contributed by atoms with Gasteiger partial charge >= 0.3 is 0 Å². The fraction of sp³-hybridized carbons (Fsp3) is 0.538. The zero-order valence-corrected chi connectivity index (χ0v) is 9.88. The van der Waals surface area contributed by atoms with Crippen LogP contribution in [0.3, 0.4) is 0 Å². The van der Waals surface area contributed by atoms with Gasteiger partial charge < -0.3 is 10.5 Å².